The molecule has 0 aliphatic rings. The van der Waals surface area contributed by atoms with Gasteiger partial charge < -0.3 is 4.74 Å². The van der Waals surface area contributed by atoms with E-state index in [9.17, 15) is 9.59 Å². The van der Waals surface area contributed by atoms with E-state index < -0.39 is 5.97 Å². The molecule has 6 heteroatoms. The third-order valence-electron chi connectivity index (χ3n) is 2.83. The second-order valence-corrected chi connectivity index (χ2v) is 5.15. The highest BCUT2D eigenvalue weighted by atomic mass is 79.9. The number of hydrogen-bond acceptors (Lipinski definition) is 4. The lowest BCUT2D eigenvalue weighted by Crippen LogP contribution is -2.18. The Labute approximate surface area is 136 Å². The van der Waals surface area contributed by atoms with E-state index in [0.29, 0.717) is 15.6 Å². The minimum absolute atomic E-state index is 0.310. The van der Waals surface area contributed by atoms with Crippen LogP contribution < -0.4 is 5.43 Å². The van der Waals surface area contributed by atoms with Gasteiger partial charge in [0.2, 0.25) is 0 Å². The fourth-order valence-electron chi connectivity index (χ4n) is 1.69. The first-order valence-electron chi connectivity index (χ1n) is 6.38. The molecule has 0 aromatic heterocycles. The molecule has 0 fully saturated rings. The van der Waals surface area contributed by atoms with E-state index in [0.717, 1.165) is 5.56 Å². The first kappa shape index (κ1) is 15.9. The van der Waals surface area contributed by atoms with Crippen molar-refractivity contribution >= 4 is 34.0 Å². The molecule has 2 aromatic rings. The summed E-state index contributed by atoms with van der Waals surface area (Å²) in [6, 6.07) is 13.7. The maximum Gasteiger partial charge on any atom is 0.337 e. The molecular formula is C16H13BrN2O3. The average Bonchev–Trinajstić information content (AvgIpc) is 2.55. The minimum atomic E-state index is -0.397. The molecule has 0 saturated carbocycles. The number of methoxy groups -OCH3 is 1. The minimum Gasteiger partial charge on any atom is -0.465 e. The van der Waals surface area contributed by atoms with Gasteiger partial charge in [-0.05, 0) is 45.8 Å². The number of nitrogens with one attached hydrogen (secondary N) is 1. The lowest BCUT2D eigenvalue weighted by atomic mass is 10.1. The van der Waals surface area contributed by atoms with Gasteiger partial charge in [0.25, 0.3) is 5.91 Å². The van der Waals surface area contributed by atoms with Crippen molar-refractivity contribution in [1.82, 2.24) is 5.43 Å². The number of benzene rings is 2. The number of halogens is 1. The number of ether oxygens (including phenoxy) is 1. The predicted molar refractivity (Wildman–Crippen MR) is 87.0 cm³/mol. The number of hydrazone groups is 1. The van der Waals surface area contributed by atoms with Crippen molar-refractivity contribution in [2.75, 3.05) is 7.11 Å². The van der Waals surface area contributed by atoms with Gasteiger partial charge in [-0.25, -0.2) is 10.2 Å². The number of esters is 1. The number of nitrogens with zero attached hydrogens (tertiary/aromatic N) is 1. The monoisotopic (exact) mass is 360 g/mol. The lowest BCUT2D eigenvalue weighted by molar-refractivity contribution is 0.0600. The van der Waals surface area contributed by atoms with Gasteiger partial charge in [0, 0.05) is 4.47 Å². The van der Waals surface area contributed by atoms with Crippen LogP contribution in [-0.4, -0.2) is 25.2 Å². The van der Waals surface area contributed by atoms with Crippen LogP contribution in [0, 0.1) is 0 Å². The van der Waals surface area contributed by atoms with E-state index in [2.05, 4.69) is 31.2 Å². The second kappa shape index (κ2) is 7.51. The Morgan fingerprint density at radius 1 is 1.14 bits per heavy atom. The van der Waals surface area contributed by atoms with E-state index in [-0.39, 0.29) is 5.91 Å². The molecule has 22 heavy (non-hydrogen) atoms. The third kappa shape index (κ3) is 4.02. The Morgan fingerprint density at radius 2 is 1.82 bits per heavy atom. The molecule has 0 radical (unpaired) electrons. The van der Waals surface area contributed by atoms with Crippen LogP contribution in [0.5, 0.6) is 0 Å². The van der Waals surface area contributed by atoms with Gasteiger partial charge in [0.15, 0.2) is 0 Å². The lowest BCUT2D eigenvalue weighted by Gasteiger charge is -2.02. The molecule has 0 heterocycles. The first-order valence-corrected chi connectivity index (χ1v) is 7.17. The molecule has 0 bridgehead atoms. The molecule has 0 saturated heterocycles. The summed E-state index contributed by atoms with van der Waals surface area (Å²) in [5, 5.41) is 3.89. The van der Waals surface area contributed by atoms with E-state index in [1.54, 1.807) is 42.5 Å². The number of hydrogen-bond donors (Lipinski definition) is 1. The SMILES string of the molecule is COC(=O)c1ccc(/C=N/NC(=O)c2ccccc2Br)cc1. The van der Waals surface area contributed by atoms with E-state index in [1.165, 1.54) is 13.3 Å². The van der Waals surface area contributed by atoms with E-state index >= 15 is 0 Å². The van der Waals surface area contributed by atoms with Crippen LogP contribution in [0.2, 0.25) is 0 Å². The number of amides is 1. The van der Waals surface area contributed by atoms with Gasteiger partial charge in [0.1, 0.15) is 0 Å². The Hall–Kier alpha value is -2.47. The van der Waals surface area contributed by atoms with Crippen LogP contribution in [-0.2, 0) is 4.74 Å². The van der Waals surface area contributed by atoms with E-state index in [1.807, 2.05) is 6.07 Å². The smallest absolute Gasteiger partial charge is 0.337 e. The quantitative estimate of drug-likeness (QED) is 0.517. The first-order chi connectivity index (χ1) is 10.6. The summed E-state index contributed by atoms with van der Waals surface area (Å²) in [7, 11) is 1.33. The maximum atomic E-state index is 11.9. The highest BCUT2D eigenvalue weighted by Crippen LogP contribution is 2.15. The maximum absolute atomic E-state index is 11.9. The third-order valence-corrected chi connectivity index (χ3v) is 3.52. The Bertz CT molecular complexity index is 712. The zero-order valence-electron chi connectivity index (χ0n) is 11.7. The number of carbonyl (C=O) groups excluding carboxylic acids is 2. The summed E-state index contributed by atoms with van der Waals surface area (Å²) in [5.74, 6) is -0.708. The summed E-state index contributed by atoms with van der Waals surface area (Å²) in [6.07, 6.45) is 1.50. The molecule has 0 aliphatic carbocycles. The van der Waals surface area contributed by atoms with Crippen molar-refractivity contribution in [3.8, 4) is 0 Å². The molecule has 0 aliphatic heterocycles. The van der Waals surface area contributed by atoms with Crippen molar-refractivity contribution in [3.63, 3.8) is 0 Å². The van der Waals surface area contributed by atoms with Gasteiger partial charge in [-0.2, -0.15) is 5.10 Å². The summed E-state index contributed by atoms with van der Waals surface area (Å²) >= 11 is 3.31. The zero-order chi connectivity index (χ0) is 15.9. The van der Waals surface area contributed by atoms with Crippen molar-refractivity contribution in [2.24, 2.45) is 5.10 Å². The summed E-state index contributed by atoms with van der Waals surface area (Å²) in [5.41, 5.74) is 4.15. The molecule has 2 aromatic carbocycles. The Morgan fingerprint density at radius 3 is 2.45 bits per heavy atom. The van der Waals surface area contributed by atoms with Crippen molar-refractivity contribution in [3.05, 3.63) is 69.7 Å². The molecule has 2 rings (SSSR count). The van der Waals surface area contributed by atoms with Crippen LogP contribution in [0.3, 0.4) is 0 Å². The van der Waals surface area contributed by atoms with Gasteiger partial charge >= 0.3 is 5.97 Å². The topological polar surface area (TPSA) is 67.8 Å². The highest BCUT2D eigenvalue weighted by Gasteiger charge is 2.07. The highest BCUT2D eigenvalue weighted by molar-refractivity contribution is 9.10. The van der Waals surface area contributed by atoms with Gasteiger partial charge in [-0.1, -0.05) is 24.3 Å². The average molecular weight is 361 g/mol. The zero-order valence-corrected chi connectivity index (χ0v) is 13.3. The molecule has 0 atom stereocenters. The standard InChI is InChI=1S/C16H13BrN2O3/c1-22-16(21)12-8-6-11(7-9-12)10-18-19-15(20)13-4-2-3-5-14(13)17/h2-10H,1H3,(H,19,20)/b18-10+. The molecule has 5 nitrogen and oxygen atoms in total. The van der Waals surface area contributed by atoms with Crippen molar-refractivity contribution in [2.45, 2.75) is 0 Å². The molecule has 1 amide bonds. The van der Waals surface area contributed by atoms with Crippen LogP contribution in [0.25, 0.3) is 0 Å². The number of carbonyl (C=O) groups is 2. The van der Waals surface area contributed by atoms with Gasteiger partial charge in [-0.15, -0.1) is 0 Å². The van der Waals surface area contributed by atoms with Crippen molar-refractivity contribution < 1.29 is 14.3 Å². The van der Waals surface area contributed by atoms with Crippen LogP contribution >= 0.6 is 15.9 Å². The summed E-state index contributed by atoms with van der Waals surface area (Å²) in [6.45, 7) is 0. The normalized spacial score (nSPS) is 10.5. The Balaban J connectivity index is 1.99. The van der Waals surface area contributed by atoms with Gasteiger partial charge in [-0.3, -0.25) is 4.79 Å². The fourth-order valence-corrected chi connectivity index (χ4v) is 2.16. The molecule has 112 valence electrons. The molecule has 1 N–H and O–H groups in total. The predicted octanol–water partition coefficient (Wildman–Crippen LogP) is 3.00. The van der Waals surface area contributed by atoms with Crippen molar-refractivity contribution in [1.29, 1.82) is 0 Å². The summed E-state index contributed by atoms with van der Waals surface area (Å²) < 4.78 is 5.31. The van der Waals surface area contributed by atoms with Crippen LogP contribution in [0.1, 0.15) is 26.3 Å². The second-order valence-electron chi connectivity index (χ2n) is 4.29. The van der Waals surface area contributed by atoms with Gasteiger partial charge in [0.05, 0.1) is 24.5 Å². The largest absolute Gasteiger partial charge is 0.465 e. The van der Waals surface area contributed by atoms with E-state index in [4.69, 9.17) is 0 Å². The number of rotatable bonds is 4. The Kier molecular flexibility index (Phi) is 5.43. The van der Waals surface area contributed by atoms with Crippen LogP contribution in [0.4, 0.5) is 0 Å². The molecule has 0 spiro atoms. The van der Waals surface area contributed by atoms with Crippen LogP contribution in [0.15, 0.2) is 58.1 Å². The molecular weight excluding hydrogens is 348 g/mol. The molecule has 0 unspecified atom stereocenters. The fraction of sp³-hybridized carbons (Fsp3) is 0.0625. The summed E-state index contributed by atoms with van der Waals surface area (Å²) in [4.78, 5) is 23.2.